The predicted molar refractivity (Wildman–Crippen MR) is 106 cm³/mol. The summed E-state index contributed by atoms with van der Waals surface area (Å²) >= 11 is 0. The zero-order chi connectivity index (χ0) is 18.5. The Bertz CT molecular complexity index is 950. The van der Waals surface area contributed by atoms with Crippen molar-refractivity contribution in [1.82, 2.24) is 9.88 Å². The first-order valence-electron chi connectivity index (χ1n) is 10.0. The first-order valence-corrected chi connectivity index (χ1v) is 10.0. The van der Waals surface area contributed by atoms with Gasteiger partial charge in [0, 0.05) is 35.1 Å². The molecular weight excluding hydrogens is 334 g/mol. The lowest BCUT2D eigenvalue weighted by Crippen LogP contribution is -2.42. The van der Waals surface area contributed by atoms with Gasteiger partial charge in [0.15, 0.2) is 0 Å². The van der Waals surface area contributed by atoms with Crippen molar-refractivity contribution in [3.63, 3.8) is 0 Å². The fourth-order valence-electron chi connectivity index (χ4n) is 4.96. The van der Waals surface area contributed by atoms with E-state index in [1.54, 1.807) is 0 Å². The summed E-state index contributed by atoms with van der Waals surface area (Å²) in [5.41, 5.74) is 9.26. The average Bonchev–Trinajstić information content (AvgIpc) is 3.28. The second kappa shape index (κ2) is 6.29. The Labute approximate surface area is 160 Å². The lowest BCUT2D eigenvalue weighted by atomic mass is 9.90. The summed E-state index contributed by atoms with van der Waals surface area (Å²) in [7, 11) is 0. The van der Waals surface area contributed by atoms with Gasteiger partial charge in [-0.25, -0.2) is 0 Å². The highest BCUT2D eigenvalue weighted by Gasteiger charge is 2.32. The number of nitrogens with zero attached hydrogens (tertiary/aromatic N) is 3. The summed E-state index contributed by atoms with van der Waals surface area (Å²) in [4.78, 5) is 24.2. The van der Waals surface area contributed by atoms with Gasteiger partial charge >= 0.3 is 0 Å². The van der Waals surface area contributed by atoms with E-state index < -0.39 is 0 Å². The topological polar surface area (TPSA) is 45.6 Å². The number of aliphatic imine (C=N–C) groups is 1. The van der Waals surface area contributed by atoms with Crippen molar-refractivity contribution in [2.45, 2.75) is 65.1 Å². The summed E-state index contributed by atoms with van der Waals surface area (Å²) < 4.78 is 0. The van der Waals surface area contributed by atoms with Crippen LogP contribution < -0.4 is 0 Å². The number of fused-ring (bicyclic) bond motifs is 2. The van der Waals surface area contributed by atoms with Crippen molar-refractivity contribution >= 4 is 11.6 Å². The Morgan fingerprint density at radius 2 is 1.70 bits per heavy atom. The van der Waals surface area contributed by atoms with Crippen LogP contribution in [-0.4, -0.2) is 27.5 Å². The molecule has 5 rings (SSSR count). The van der Waals surface area contributed by atoms with Crippen LogP contribution >= 0.6 is 0 Å². The minimum atomic E-state index is 0.300. The van der Waals surface area contributed by atoms with Crippen LogP contribution in [0.2, 0.25) is 0 Å². The van der Waals surface area contributed by atoms with E-state index in [0.717, 1.165) is 42.0 Å². The van der Waals surface area contributed by atoms with E-state index in [9.17, 15) is 4.79 Å². The van der Waals surface area contributed by atoms with Gasteiger partial charge in [-0.3, -0.25) is 14.8 Å². The molecule has 0 saturated heterocycles. The predicted octanol–water partition coefficient (Wildman–Crippen LogP) is 3.88. The summed E-state index contributed by atoms with van der Waals surface area (Å²) in [6.07, 6.45) is 5.37. The first kappa shape index (κ1) is 16.7. The maximum absolute atomic E-state index is 12.7. The normalized spacial score (nSPS) is 19.3. The molecule has 0 bridgehead atoms. The van der Waals surface area contributed by atoms with Gasteiger partial charge in [-0.15, -0.1) is 0 Å². The molecule has 1 fully saturated rings. The van der Waals surface area contributed by atoms with E-state index >= 15 is 0 Å². The lowest BCUT2D eigenvalue weighted by Gasteiger charge is -2.34. The van der Waals surface area contributed by atoms with Crippen LogP contribution in [0.1, 0.15) is 64.9 Å². The summed E-state index contributed by atoms with van der Waals surface area (Å²) in [6, 6.07) is 9.21. The highest BCUT2D eigenvalue weighted by atomic mass is 16.2. The smallest absolute Gasteiger partial charge is 0.227 e. The molecule has 4 heteroatoms. The Morgan fingerprint density at radius 3 is 2.44 bits per heavy atom. The molecule has 0 atom stereocenters. The molecule has 1 aromatic heterocycles. The van der Waals surface area contributed by atoms with Crippen LogP contribution in [0.4, 0.5) is 0 Å². The quantitative estimate of drug-likeness (QED) is 0.817. The van der Waals surface area contributed by atoms with Gasteiger partial charge in [-0.05, 0) is 61.6 Å². The van der Waals surface area contributed by atoms with Crippen LogP contribution in [-0.2, 0) is 24.3 Å². The maximum Gasteiger partial charge on any atom is 0.227 e. The molecule has 1 aliphatic carbocycles. The second-order valence-electron chi connectivity index (χ2n) is 8.22. The number of carbonyl (C=O) groups is 1. The molecule has 0 radical (unpaired) electrons. The number of hydrogen-bond acceptors (Lipinski definition) is 3. The van der Waals surface area contributed by atoms with Gasteiger partial charge in [0.05, 0.1) is 18.7 Å². The van der Waals surface area contributed by atoms with E-state index in [1.807, 2.05) is 13.8 Å². The summed E-state index contributed by atoms with van der Waals surface area (Å²) in [6.45, 7) is 5.53. The zero-order valence-corrected chi connectivity index (χ0v) is 16.1. The van der Waals surface area contributed by atoms with Gasteiger partial charge in [-0.1, -0.05) is 18.9 Å². The van der Waals surface area contributed by atoms with Crippen molar-refractivity contribution in [3.05, 3.63) is 63.5 Å². The molecule has 1 amide bonds. The Hall–Kier alpha value is -2.49. The lowest BCUT2D eigenvalue weighted by molar-refractivity contribution is -0.134. The SMILES string of the molecule is Cc1cc(C2=NCc3cc4c(cc32)CN(C2CCCC2)C(=O)C4)cc(C)n1. The molecule has 1 aromatic carbocycles. The molecule has 138 valence electrons. The third kappa shape index (κ3) is 2.88. The van der Waals surface area contributed by atoms with Crippen LogP contribution in [0.25, 0.3) is 0 Å². The standard InChI is InChI=1S/C23H25N3O/c1-14-7-17(8-15(2)25-14)23-21-10-19-13-26(20-5-3-4-6-20)22(27)11-16(19)9-18(21)12-24-23/h7-10,20H,3-6,11-13H2,1-2H3. The van der Waals surface area contributed by atoms with E-state index in [1.165, 1.54) is 35.1 Å². The number of pyridine rings is 1. The molecular formula is C23H25N3O. The fraction of sp³-hybridized carbons (Fsp3) is 0.435. The van der Waals surface area contributed by atoms with Crippen molar-refractivity contribution < 1.29 is 4.79 Å². The molecule has 2 aromatic rings. The summed E-state index contributed by atoms with van der Waals surface area (Å²) in [5.74, 6) is 0.300. The molecule has 0 N–H and O–H groups in total. The molecule has 3 aliphatic rings. The van der Waals surface area contributed by atoms with E-state index in [4.69, 9.17) is 4.99 Å². The number of aromatic nitrogens is 1. The maximum atomic E-state index is 12.7. The number of hydrogen-bond donors (Lipinski definition) is 0. The molecule has 3 heterocycles. The van der Waals surface area contributed by atoms with E-state index in [2.05, 4.69) is 34.1 Å². The van der Waals surface area contributed by atoms with Crippen LogP contribution in [0.15, 0.2) is 29.3 Å². The molecule has 2 aliphatic heterocycles. The van der Waals surface area contributed by atoms with E-state index in [0.29, 0.717) is 24.9 Å². The van der Waals surface area contributed by atoms with Gasteiger partial charge < -0.3 is 4.90 Å². The van der Waals surface area contributed by atoms with Crippen molar-refractivity contribution in [3.8, 4) is 0 Å². The third-order valence-corrected chi connectivity index (χ3v) is 6.21. The minimum absolute atomic E-state index is 0.300. The Morgan fingerprint density at radius 1 is 0.963 bits per heavy atom. The number of benzene rings is 1. The molecule has 27 heavy (non-hydrogen) atoms. The number of amides is 1. The zero-order valence-electron chi connectivity index (χ0n) is 16.1. The Balaban J connectivity index is 1.51. The molecule has 4 nitrogen and oxygen atoms in total. The van der Waals surface area contributed by atoms with Gasteiger partial charge in [-0.2, -0.15) is 0 Å². The average molecular weight is 359 g/mol. The van der Waals surface area contributed by atoms with Gasteiger partial charge in [0.25, 0.3) is 0 Å². The summed E-state index contributed by atoms with van der Waals surface area (Å²) in [5, 5.41) is 0. The number of rotatable bonds is 2. The van der Waals surface area contributed by atoms with Crippen molar-refractivity contribution in [2.24, 2.45) is 4.99 Å². The van der Waals surface area contributed by atoms with Gasteiger partial charge in [0.2, 0.25) is 5.91 Å². The third-order valence-electron chi connectivity index (χ3n) is 6.21. The largest absolute Gasteiger partial charge is 0.335 e. The van der Waals surface area contributed by atoms with Crippen LogP contribution in [0.3, 0.4) is 0 Å². The fourth-order valence-corrected chi connectivity index (χ4v) is 4.96. The van der Waals surface area contributed by atoms with E-state index in [-0.39, 0.29) is 0 Å². The van der Waals surface area contributed by atoms with Gasteiger partial charge in [0.1, 0.15) is 0 Å². The van der Waals surface area contributed by atoms with Crippen molar-refractivity contribution in [2.75, 3.05) is 0 Å². The second-order valence-corrected chi connectivity index (χ2v) is 8.22. The minimum Gasteiger partial charge on any atom is -0.335 e. The van der Waals surface area contributed by atoms with Crippen molar-refractivity contribution in [1.29, 1.82) is 0 Å². The Kier molecular flexibility index (Phi) is 3.88. The highest BCUT2D eigenvalue weighted by molar-refractivity contribution is 6.15. The molecule has 1 saturated carbocycles. The van der Waals surface area contributed by atoms with Crippen LogP contribution in [0, 0.1) is 13.8 Å². The monoisotopic (exact) mass is 359 g/mol. The molecule has 0 spiro atoms. The molecule has 0 unspecified atom stereocenters. The highest BCUT2D eigenvalue weighted by Crippen LogP contribution is 2.33. The van der Waals surface area contributed by atoms with Crippen LogP contribution in [0.5, 0.6) is 0 Å². The number of aryl methyl sites for hydroxylation is 2. The first-order chi connectivity index (χ1) is 13.1. The number of carbonyl (C=O) groups excluding carboxylic acids is 1.